The molecule has 0 fully saturated rings. The van der Waals surface area contributed by atoms with Gasteiger partial charge < -0.3 is 9.84 Å². The van der Waals surface area contributed by atoms with E-state index in [4.69, 9.17) is 16.7 Å². The number of carbonyl (C=O) groups is 2. The molecule has 0 bridgehead atoms. The number of carboxylic acids is 1. The summed E-state index contributed by atoms with van der Waals surface area (Å²) in [4.78, 5) is 32.9. The van der Waals surface area contributed by atoms with E-state index in [0.29, 0.717) is 11.1 Å². The number of hydrogen-bond donors (Lipinski definition) is 1. The van der Waals surface area contributed by atoms with Gasteiger partial charge >= 0.3 is 11.9 Å². The maximum absolute atomic E-state index is 11.6. The minimum Gasteiger partial charge on any atom is -0.477 e. The molecule has 7 nitrogen and oxygen atoms in total. The molecule has 0 amide bonds. The van der Waals surface area contributed by atoms with Crippen LogP contribution in [0.1, 0.15) is 20.7 Å². The van der Waals surface area contributed by atoms with Crippen LogP contribution in [0.2, 0.25) is 5.02 Å². The number of nitro benzene ring substituents is 1. The maximum Gasteiger partial charge on any atom is 0.342 e. The van der Waals surface area contributed by atoms with Crippen molar-refractivity contribution in [2.24, 2.45) is 0 Å². The maximum atomic E-state index is 11.6. The fourth-order valence-electron chi connectivity index (χ4n) is 2.02. The van der Waals surface area contributed by atoms with Gasteiger partial charge in [-0.05, 0) is 29.8 Å². The molecule has 0 spiro atoms. The molecule has 0 aliphatic rings. The molecule has 118 valence electrons. The molecule has 0 aliphatic carbocycles. The van der Waals surface area contributed by atoms with Crippen LogP contribution in [0.4, 0.5) is 5.69 Å². The first kappa shape index (κ1) is 16.4. The monoisotopic (exact) mass is 335 g/mol. The van der Waals surface area contributed by atoms with E-state index in [-0.39, 0.29) is 10.6 Å². The normalized spacial score (nSPS) is 10.2. The van der Waals surface area contributed by atoms with Crippen LogP contribution in [0.15, 0.2) is 36.4 Å². The molecule has 2 aromatic carbocycles. The number of nitro groups is 1. The molecule has 23 heavy (non-hydrogen) atoms. The summed E-state index contributed by atoms with van der Waals surface area (Å²) in [5.41, 5.74) is -0.0996. The van der Waals surface area contributed by atoms with Crippen molar-refractivity contribution in [2.45, 2.75) is 0 Å². The summed E-state index contributed by atoms with van der Waals surface area (Å²) in [6, 6.07) is 7.95. The highest BCUT2D eigenvalue weighted by atomic mass is 35.5. The number of benzene rings is 2. The zero-order valence-corrected chi connectivity index (χ0v) is 12.5. The number of ether oxygens (including phenoxy) is 1. The van der Waals surface area contributed by atoms with Crippen LogP contribution in [0.25, 0.3) is 11.1 Å². The summed E-state index contributed by atoms with van der Waals surface area (Å²) in [6.45, 7) is 0. The van der Waals surface area contributed by atoms with E-state index in [1.165, 1.54) is 31.4 Å². The molecule has 0 saturated carbocycles. The predicted octanol–water partition coefficient (Wildman–Crippen LogP) is 3.40. The second kappa shape index (κ2) is 6.45. The van der Waals surface area contributed by atoms with Crippen molar-refractivity contribution >= 4 is 29.2 Å². The molecular formula is C15H10ClNO6. The van der Waals surface area contributed by atoms with Gasteiger partial charge in [-0.15, -0.1) is 0 Å². The Labute approximate surface area is 135 Å². The Bertz CT molecular complexity index is 818. The quantitative estimate of drug-likeness (QED) is 0.521. The SMILES string of the molecule is COC(=O)c1ccc(Cl)c(-c2ccc(C(=O)O)c([N+](=O)[O-])c2)c1. The molecular weight excluding hydrogens is 326 g/mol. The zero-order chi connectivity index (χ0) is 17.1. The van der Waals surface area contributed by atoms with E-state index in [1.54, 1.807) is 0 Å². The average Bonchev–Trinajstić information content (AvgIpc) is 2.53. The smallest absolute Gasteiger partial charge is 0.342 e. The van der Waals surface area contributed by atoms with Crippen molar-refractivity contribution < 1.29 is 24.4 Å². The number of methoxy groups -OCH3 is 1. The van der Waals surface area contributed by atoms with Crippen LogP contribution in [0, 0.1) is 10.1 Å². The van der Waals surface area contributed by atoms with Gasteiger partial charge in [0, 0.05) is 16.7 Å². The predicted molar refractivity (Wildman–Crippen MR) is 81.8 cm³/mol. The largest absolute Gasteiger partial charge is 0.477 e. The molecule has 0 saturated heterocycles. The summed E-state index contributed by atoms with van der Waals surface area (Å²) in [5.74, 6) is -1.99. The van der Waals surface area contributed by atoms with Crippen LogP contribution in [-0.4, -0.2) is 29.1 Å². The Balaban J connectivity index is 2.63. The third kappa shape index (κ3) is 3.29. The number of carbonyl (C=O) groups excluding carboxylic acids is 1. The number of rotatable bonds is 4. The Morgan fingerprint density at radius 1 is 1.22 bits per heavy atom. The van der Waals surface area contributed by atoms with E-state index >= 15 is 0 Å². The third-order valence-corrected chi connectivity index (χ3v) is 3.45. The highest BCUT2D eigenvalue weighted by Crippen LogP contribution is 2.32. The van der Waals surface area contributed by atoms with Crippen LogP contribution >= 0.6 is 11.6 Å². The Kier molecular flexibility index (Phi) is 4.61. The van der Waals surface area contributed by atoms with Gasteiger partial charge in [0.05, 0.1) is 17.6 Å². The first-order valence-electron chi connectivity index (χ1n) is 6.25. The second-order valence-electron chi connectivity index (χ2n) is 4.48. The molecule has 2 aromatic rings. The lowest BCUT2D eigenvalue weighted by Crippen LogP contribution is -2.03. The van der Waals surface area contributed by atoms with E-state index in [9.17, 15) is 19.7 Å². The van der Waals surface area contributed by atoms with Crippen molar-refractivity contribution in [3.63, 3.8) is 0 Å². The first-order valence-corrected chi connectivity index (χ1v) is 6.63. The van der Waals surface area contributed by atoms with E-state index in [2.05, 4.69) is 4.74 Å². The zero-order valence-electron chi connectivity index (χ0n) is 11.8. The van der Waals surface area contributed by atoms with Gasteiger partial charge in [-0.25, -0.2) is 9.59 Å². The third-order valence-electron chi connectivity index (χ3n) is 3.12. The summed E-state index contributed by atoms with van der Waals surface area (Å²) < 4.78 is 4.61. The molecule has 1 N–H and O–H groups in total. The molecule has 0 unspecified atom stereocenters. The molecule has 0 aliphatic heterocycles. The van der Waals surface area contributed by atoms with Gasteiger partial charge in [-0.1, -0.05) is 17.7 Å². The summed E-state index contributed by atoms with van der Waals surface area (Å²) >= 11 is 6.07. The lowest BCUT2D eigenvalue weighted by Gasteiger charge is -2.08. The second-order valence-corrected chi connectivity index (χ2v) is 4.89. The van der Waals surface area contributed by atoms with Gasteiger partial charge in [0.2, 0.25) is 0 Å². The van der Waals surface area contributed by atoms with Crippen molar-refractivity contribution in [3.8, 4) is 11.1 Å². The molecule has 0 radical (unpaired) electrons. The minimum absolute atomic E-state index is 0.219. The average molecular weight is 336 g/mol. The topological polar surface area (TPSA) is 107 Å². The van der Waals surface area contributed by atoms with Crippen LogP contribution in [0.5, 0.6) is 0 Å². The highest BCUT2D eigenvalue weighted by molar-refractivity contribution is 6.33. The van der Waals surface area contributed by atoms with Crippen LogP contribution in [-0.2, 0) is 4.74 Å². The highest BCUT2D eigenvalue weighted by Gasteiger charge is 2.21. The van der Waals surface area contributed by atoms with Gasteiger partial charge in [0.15, 0.2) is 0 Å². The summed E-state index contributed by atoms with van der Waals surface area (Å²) in [6.07, 6.45) is 0. The number of nitrogens with zero attached hydrogens (tertiary/aromatic N) is 1. The van der Waals surface area contributed by atoms with Crippen molar-refractivity contribution in [1.29, 1.82) is 0 Å². The van der Waals surface area contributed by atoms with Crippen LogP contribution in [0.3, 0.4) is 0 Å². The van der Waals surface area contributed by atoms with Crippen molar-refractivity contribution in [3.05, 3.63) is 62.7 Å². The van der Waals surface area contributed by atoms with E-state index in [0.717, 1.165) is 12.1 Å². The fraction of sp³-hybridized carbons (Fsp3) is 0.0667. The van der Waals surface area contributed by atoms with E-state index < -0.39 is 28.1 Å². The van der Waals surface area contributed by atoms with Gasteiger partial charge in [-0.2, -0.15) is 0 Å². The van der Waals surface area contributed by atoms with Gasteiger partial charge in [-0.3, -0.25) is 10.1 Å². The molecule has 8 heteroatoms. The number of carboxylic acid groups (broad SMARTS) is 1. The lowest BCUT2D eigenvalue weighted by atomic mass is 10.0. The minimum atomic E-state index is -1.40. The summed E-state index contributed by atoms with van der Waals surface area (Å²) in [7, 11) is 1.23. The van der Waals surface area contributed by atoms with Crippen molar-refractivity contribution in [1.82, 2.24) is 0 Å². The Morgan fingerprint density at radius 2 is 1.91 bits per heavy atom. The molecule has 0 heterocycles. The number of esters is 1. The van der Waals surface area contributed by atoms with Crippen LogP contribution < -0.4 is 0 Å². The van der Waals surface area contributed by atoms with Gasteiger partial charge in [0.25, 0.3) is 5.69 Å². The first-order chi connectivity index (χ1) is 10.8. The number of halogens is 1. The molecule has 2 rings (SSSR count). The number of hydrogen-bond acceptors (Lipinski definition) is 5. The lowest BCUT2D eigenvalue weighted by molar-refractivity contribution is -0.385. The van der Waals surface area contributed by atoms with Gasteiger partial charge in [0.1, 0.15) is 5.56 Å². The molecule has 0 atom stereocenters. The molecule has 0 aromatic heterocycles. The Morgan fingerprint density at radius 3 is 2.48 bits per heavy atom. The fourth-order valence-corrected chi connectivity index (χ4v) is 2.25. The Hall–Kier alpha value is -2.93. The van der Waals surface area contributed by atoms with Crippen molar-refractivity contribution in [2.75, 3.05) is 7.11 Å². The number of aromatic carboxylic acids is 1. The standard InChI is InChI=1S/C15H10ClNO6/c1-23-15(20)9-3-5-12(16)11(6-9)8-2-4-10(14(18)19)13(7-8)17(21)22/h2-7H,1H3,(H,18,19). The van der Waals surface area contributed by atoms with E-state index in [1.807, 2.05) is 0 Å². The summed E-state index contributed by atoms with van der Waals surface area (Å²) in [5, 5.41) is 20.3.